The molecule has 1 amide bonds. The number of amides is 1. The summed E-state index contributed by atoms with van der Waals surface area (Å²) >= 11 is 0. The van der Waals surface area contributed by atoms with Crippen molar-refractivity contribution in [2.75, 3.05) is 0 Å². The van der Waals surface area contributed by atoms with Crippen LogP contribution in [0.15, 0.2) is 66.7 Å². The van der Waals surface area contributed by atoms with Crippen LogP contribution in [0, 0.1) is 0 Å². The summed E-state index contributed by atoms with van der Waals surface area (Å²) in [5, 5.41) is 17.3. The lowest BCUT2D eigenvalue weighted by Gasteiger charge is -2.14. The Kier molecular flexibility index (Phi) is 7.07. The molecular weight excluding hydrogens is 483 g/mol. The van der Waals surface area contributed by atoms with Crippen molar-refractivity contribution in [1.29, 1.82) is 0 Å². The first-order chi connectivity index (χ1) is 17.5. The molecule has 0 spiro atoms. The fraction of sp³-hybridized carbons (Fsp3) is 0.250. The van der Waals surface area contributed by atoms with Crippen molar-refractivity contribution in [2.45, 2.75) is 45.5 Å². The van der Waals surface area contributed by atoms with Gasteiger partial charge in [0.15, 0.2) is 5.69 Å². The highest BCUT2D eigenvalue weighted by Gasteiger charge is 2.30. The number of carbonyl (C=O) groups is 2. The fourth-order valence-electron chi connectivity index (χ4n) is 4.26. The summed E-state index contributed by atoms with van der Waals surface area (Å²) in [5.41, 5.74) is 2.59. The Morgan fingerprint density at radius 3 is 2.19 bits per heavy atom. The lowest BCUT2D eigenvalue weighted by atomic mass is 9.98. The third kappa shape index (κ3) is 5.50. The first kappa shape index (κ1) is 25.9. The minimum Gasteiger partial charge on any atom is -0.478 e. The molecule has 1 heterocycles. The molecule has 0 aliphatic heterocycles. The Morgan fingerprint density at radius 1 is 0.973 bits per heavy atom. The SMILES string of the molecule is CC(C)n1nc(C(=O)N[C@@H](C)c2ccc(C(=O)O)cc2)c2c(Cc3ccc(C(F)(F)F)cc3)cccc21. The minimum atomic E-state index is -4.41. The number of halogens is 3. The third-order valence-electron chi connectivity index (χ3n) is 6.21. The number of fused-ring (bicyclic) bond motifs is 1. The molecule has 0 unspecified atom stereocenters. The number of nitrogens with zero attached hydrogens (tertiary/aromatic N) is 2. The number of hydrogen-bond acceptors (Lipinski definition) is 3. The van der Waals surface area contributed by atoms with Gasteiger partial charge in [0.25, 0.3) is 5.91 Å². The number of benzene rings is 3. The summed E-state index contributed by atoms with van der Waals surface area (Å²) in [4.78, 5) is 24.5. The van der Waals surface area contributed by atoms with E-state index in [0.29, 0.717) is 17.4 Å². The molecule has 0 bridgehead atoms. The molecule has 2 N–H and O–H groups in total. The summed E-state index contributed by atoms with van der Waals surface area (Å²) < 4.78 is 40.7. The Bertz CT molecular complexity index is 1440. The summed E-state index contributed by atoms with van der Waals surface area (Å²) in [6.07, 6.45) is -4.08. The van der Waals surface area contributed by atoms with Gasteiger partial charge < -0.3 is 10.4 Å². The van der Waals surface area contributed by atoms with Gasteiger partial charge in [-0.15, -0.1) is 0 Å². The first-order valence-electron chi connectivity index (χ1n) is 11.8. The van der Waals surface area contributed by atoms with Crippen molar-refractivity contribution in [3.05, 3.63) is 100 Å². The second kappa shape index (κ2) is 10.1. The Labute approximate surface area is 211 Å². The molecular formula is C28H26F3N3O3. The number of rotatable bonds is 7. The molecule has 0 saturated heterocycles. The van der Waals surface area contributed by atoms with Crippen LogP contribution < -0.4 is 5.32 Å². The second-order valence-electron chi connectivity index (χ2n) is 9.19. The van der Waals surface area contributed by atoms with Crippen LogP contribution in [0.1, 0.15) is 76.0 Å². The van der Waals surface area contributed by atoms with Crippen molar-refractivity contribution < 1.29 is 27.9 Å². The van der Waals surface area contributed by atoms with Gasteiger partial charge in [0.2, 0.25) is 0 Å². The van der Waals surface area contributed by atoms with E-state index in [9.17, 15) is 22.8 Å². The molecule has 37 heavy (non-hydrogen) atoms. The normalized spacial score (nSPS) is 12.6. The molecule has 3 aromatic carbocycles. The van der Waals surface area contributed by atoms with E-state index in [0.717, 1.165) is 28.8 Å². The van der Waals surface area contributed by atoms with E-state index in [1.165, 1.54) is 24.3 Å². The Morgan fingerprint density at radius 2 is 1.62 bits per heavy atom. The molecule has 1 aromatic heterocycles. The summed E-state index contributed by atoms with van der Waals surface area (Å²) in [7, 11) is 0. The molecule has 0 aliphatic carbocycles. The maximum absolute atomic E-state index is 13.4. The van der Waals surface area contributed by atoms with E-state index in [2.05, 4.69) is 10.4 Å². The van der Waals surface area contributed by atoms with Crippen LogP contribution in [0.4, 0.5) is 13.2 Å². The van der Waals surface area contributed by atoms with Crippen LogP contribution >= 0.6 is 0 Å². The first-order valence-corrected chi connectivity index (χ1v) is 11.8. The van der Waals surface area contributed by atoms with Gasteiger partial charge in [-0.3, -0.25) is 9.48 Å². The molecule has 0 radical (unpaired) electrons. The lowest BCUT2D eigenvalue weighted by molar-refractivity contribution is -0.137. The zero-order valence-electron chi connectivity index (χ0n) is 20.5. The standard InChI is InChI=1S/C28H26F3N3O3/c1-16(2)34-23-6-4-5-21(15-18-7-13-22(14-8-18)28(29,30)31)24(23)25(33-34)26(35)32-17(3)19-9-11-20(12-10-19)27(36)37/h4-14,16-17H,15H2,1-3H3,(H,32,35)(H,36,37)/t17-/m0/s1. The molecule has 6 nitrogen and oxygen atoms in total. The maximum atomic E-state index is 13.4. The van der Waals surface area contributed by atoms with Crippen LogP contribution in [-0.4, -0.2) is 26.8 Å². The van der Waals surface area contributed by atoms with Crippen molar-refractivity contribution in [2.24, 2.45) is 0 Å². The van der Waals surface area contributed by atoms with Crippen LogP contribution in [0.25, 0.3) is 10.9 Å². The average Bonchev–Trinajstić information content (AvgIpc) is 3.25. The van der Waals surface area contributed by atoms with Crippen LogP contribution in [0.5, 0.6) is 0 Å². The molecule has 0 saturated carbocycles. The van der Waals surface area contributed by atoms with Crippen molar-refractivity contribution >= 4 is 22.8 Å². The van der Waals surface area contributed by atoms with Crippen molar-refractivity contribution in [1.82, 2.24) is 15.1 Å². The van der Waals surface area contributed by atoms with Gasteiger partial charge in [-0.25, -0.2) is 4.79 Å². The van der Waals surface area contributed by atoms with Gasteiger partial charge in [-0.1, -0.05) is 36.4 Å². The van der Waals surface area contributed by atoms with Crippen LogP contribution in [0.3, 0.4) is 0 Å². The van der Waals surface area contributed by atoms with Crippen molar-refractivity contribution in [3.8, 4) is 0 Å². The van der Waals surface area contributed by atoms with E-state index in [-0.39, 0.29) is 17.3 Å². The van der Waals surface area contributed by atoms with E-state index in [4.69, 9.17) is 5.11 Å². The lowest BCUT2D eigenvalue weighted by Crippen LogP contribution is -2.27. The monoisotopic (exact) mass is 509 g/mol. The molecule has 0 aliphatic rings. The highest BCUT2D eigenvalue weighted by Crippen LogP contribution is 2.31. The Balaban J connectivity index is 1.68. The van der Waals surface area contributed by atoms with E-state index >= 15 is 0 Å². The third-order valence-corrected chi connectivity index (χ3v) is 6.21. The molecule has 4 aromatic rings. The average molecular weight is 510 g/mol. The number of carboxylic acids is 1. The quantitative estimate of drug-likeness (QED) is 0.301. The van der Waals surface area contributed by atoms with Gasteiger partial charge >= 0.3 is 12.1 Å². The minimum absolute atomic E-state index is 0.0358. The van der Waals surface area contributed by atoms with Crippen LogP contribution in [0.2, 0.25) is 0 Å². The van der Waals surface area contributed by atoms with Gasteiger partial charge in [-0.05, 0) is 74.2 Å². The van der Waals surface area contributed by atoms with E-state index < -0.39 is 29.7 Å². The number of hydrogen-bond donors (Lipinski definition) is 2. The highest BCUT2D eigenvalue weighted by molar-refractivity contribution is 6.06. The fourth-order valence-corrected chi connectivity index (χ4v) is 4.26. The van der Waals surface area contributed by atoms with Gasteiger partial charge in [0.1, 0.15) is 0 Å². The van der Waals surface area contributed by atoms with Gasteiger partial charge in [-0.2, -0.15) is 18.3 Å². The Hall–Kier alpha value is -4.14. The van der Waals surface area contributed by atoms with E-state index in [1.807, 2.05) is 32.0 Å². The summed E-state index contributed by atoms with van der Waals surface area (Å²) in [6, 6.07) is 16.3. The second-order valence-corrected chi connectivity index (χ2v) is 9.19. The molecule has 1 atom stereocenters. The van der Waals surface area contributed by atoms with Crippen molar-refractivity contribution in [3.63, 3.8) is 0 Å². The molecule has 0 fully saturated rings. The number of carbonyl (C=O) groups excluding carboxylic acids is 1. The predicted molar refractivity (Wildman–Crippen MR) is 134 cm³/mol. The summed E-state index contributed by atoms with van der Waals surface area (Å²) in [6.45, 7) is 5.69. The predicted octanol–water partition coefficient (Wildman–Crippen LogP) is 6.42. The number of aromatic carboxylic acids is 1. The maximum Gasteiger partial charge on any atom is 0.416 e. The van der Waals surface area contributed by atoms with Crippen LogP contribution in [-0.2, 0) is 12.6 Å². The topological polar surface area (TPSA) is 84.2 Å². The summed E-state index contributed by atoms with van der Waals surface area (Å²) in [5.74, 6) is -1.44. The molecule has 9 heteroatoms. The van der Waals surface area contributed by atoms with Gasteiger partial charge in [0, 0.05) is 11.4 Å². The number of carboxylic acid groups (broad SMARTS) is 1. The number of aromatic nitrogens is 2. The zero-order chi connectivity index (χ0) is 26.9. The largest absolute Gasteiger partial charge is 0.478 e. The zero-order valence-corrected chi connectivity index (χ0v) is 20.5. The number of alkyl halides is 3. The van der Waals surface area contributed by atoms with Gasteiger partial charge in [0.05, 0.1) is 22.7 Å². The van der Waals surface area contributed by atoms with E-state index in [1.54, 1.807) is 23.7 Å². The molecule has 4 rings (SSSR count). The number of nitrogens with one attached hydrogen (secondary N) is 1. The molecule has 192 valence electrons. The smallest absolute Gasteiger partial charge is 0.416 e. The highest BCUT2D eigenvalue weighted by atomic mass is 19.4.